The van der Waals surface area contributed by atoms with Gasteiger partial charge in [0, 0.05) is 22.2 Å². The molecule has 0 unspecified atom stereocenters. The molecule has 0 aliphatic carbocycles. The normalized spacial score (nSPS) is 21.3. The van der Waals surface area contributed by atoms with Crippen LogP contribution in [0.3, 0.4) is 0 Å². The molecule has 1 aliphatic rings. The summed E-state index contributed by atoms with van der Waals surface area (Å²) in [5.74, 6) is -0.711. The highest BCUT2D eigenvalue weighted by atomic mass is 79.9. The number of hydrogen-bond acceptors (Lipinski definition) is 3. The van der Waals surface area contributed by atoms with Crippen LogP contribution in [-0.2, 0) is 0 Å². The summed E-state index contributed by atoms with van der Waals surface area (Å²) in [6, 6.07) is 5.95. The van der Waals surface area contributed by atoms with Gasteiger partial charge in [0.2, 0.25) is 0 Å². The molecular formula is C16H18BrF3N2O2. The van der Waals surface area contributed by atoms with Crippen LogP contribution < -0.4 is 0 Å². The molecule has 24 heavy (non-hydrogen) atoms. The van der Waals surface area contributed by atoms with Crippen molar-refractivity contribution >= 4 is 27.5 Å². The number of rotatable bonds is 4. The Bertz CT molecular complexity index is 661. The smallest absolute Gasteiger partial charge is 0.362 e. The number of carbonyl (C=O) groups is 1. The van der Waals surface area contributed by atoms with Crippen LogP contribution in [0.15, 0.2) is 33.8 Å². The Kier molecular flexibility index (Phi) is 5.39. The first-order chi connectivity index (χ1) is 11.0. The number of benzene rings is 1. The molecule has 0 aromatic heterocycles. The lowest BCUT2D eigenvalue weighted by Gasteiger charge is -2.32. The predicted octanol–water partition coefficient (Wildman–Crippen LogP) is 4.34. The lowest BCUT2D eigenvalue weighted by atomic mass is 9.99. The number of alkyl halides is 3. The zero-order valence-electron chi connectivity index (χ0n) is 13.3. The first kappa shape index (κ1) is 18.9. The number of halogens is 4. The number of nitrogens with zero attached hydrogens (tertiary/aromatic N) is 2. The van der Waals surface area contributed by atoms with E-state index in [1.807, 2.05) is 13.8 Å². The highest BCUT2D eigenvalue weighted by molar-refractivity contribution is 9.10. The van der Waals surface area contributed by atoms with Gasteiger partial charge in [-0.05, 0) is 37.0 Å². The Morgan fingerprint density at radius 3 is 2.67 bits per heavy atom. The van der Waals surface area contributed by atoms with E-state index in [0.29, 0.717) is 17.3 Å². The molecule has 8 heteroatoms. The van der Waals surface area contributed by atoms with Crippen molar-refractivity contribution in [3.8, 4) is 0 Å². The molecule has 0 saturated carbocycles. The first-order valence-corrected chi connectivity index (χ1v) is 8.29. The van der Waals surface area contributed by atoms with E-state index in [4.69, 9.17) is 0 Å². The van der Waals surface area contributed by atoms with Crippen molar-refractivity contribution in [3.63, 3.8) is 0 Å². The van der Waals surface area contributed by atoms with Crippen LogP contribution in [0.1, 0.15) is 43.5 Å². The summed E-state index contributed by atoms with van der Waals surface area (Å²) in [7, 11) is 0. The van der Waals surface area contributed by atoms with Crippen LogP contribution in [0, 0.1) is 5.92 Å². The number of carbonyl (C=O) groups excluding carboxylic acids is 1. The fourth-order valence-electron chi connectivity index (χ4n) is 2.39. The van der Waals surface area contributed by atoms with Gasteiger partial charge in [0.15, 0.2) is 0 Å². The Hall–Kier alpha value is -1.41. The lowest BCUT2D eigenvalue weighted by molar-refractivity contribution is -0.297. The molecule has 0 saturated heterocycles. The largest absolute Gasteiger partial charge is 0.438 e. The van der Waals surface area contributed by atoms with Gasteiger partial charge in [-0.15, -0.1) is 0 Å². The van der Waals surface area contributed by atoms with E-state index in [9.17, 15) is 23.1 Å². The van der Waals surface area contributed by atoms with E-state index < -0.39 is 24.2 Å². The standard InChI is InChI=1S/C16H18BrF3N2O2/c1-10(2)6-7-13-9-15(24,16(18,19)20)22(21-13)14(23)11-4-3-5-12(17)8-11/h3-5,8,10,24H,6-7,9H2,1-2H3/t15-/m0/s1. The van der Waals surface area contributed by atoms with E-state index in [-0.39, 0.29) is 22.2 Å². The second-order valence-electron chi connectivity index (χ2n) is 6.22. The van der Waals surface area contributed by atoms with E-state index in [1.54, 1.807) is 6.07 Å². The Morgan fingerprint density at radius 1 is 1.46 bits per heavy atom. The van der Waals surface area contributed by atoms with Gasteiger partial charge in [-0.25, -0.2) is 0 Å². The quantitative estimate of drug-likeness (QED) is 0.808. The third kappa shape index (κ3) is 3.80. The summed E-state index contributed by atoms with van der Waals surface area (Å²) in [6.45, 7) is 3.88. The minimum Gasteiger partial charge on any atom is -0.362 e. The highest BCUT2D eigenvalue weighted by Gasteiger charge is 2.63. The SMILES string of the molecule is CC(C)CCC1=NN(C(=O)c2cccc(Br)c2)[C@@](O)(C(F)(F)F)C1. The molecule has 2 rings (SSSR count). The third-order valence-electron chi connectivity index (χ3n) is 3.77. The topological polar surface area (TPSA) is 52.9 Å². The predicted molar refractivity (Wildman–Crippen MR) is 87.4 cm³/mol. The van der Waals surface area contributed by atoms with E-state index in [0.717, 1.165) is 0 Å². The second-order valence-corrected chi connectivity index (χ2v) is 7.13. The minimum absolute atomic E-state index is 0.0147. The average Bonchev–Trinajstić information content (AvgIpc) is 2.82. The van der Waals surface area contributed by atoms with E-state index >= 15 is 0 Å². The summed E-state index contributed by atoms with van der Waals surface area (Å²) >= 11 is 3.17. The summed E-state index contributed by atoms with van der Waals surface area (Å²) in [5, 5.41) is 14.1. The molecular weight excluding hydrogens is 389 g/mol. The minimum atomic E-state index is -5.00. The number of hydrogen-bond donors (Lipinski definition) is 1. The second kappa shape index (κ2) is 6.84. The van der Waals surface area contributed by atoms with Gasteiger partial charge in [-0.2, -0.15) is 23.3 Å². The Balaban J connectivity index is 2.35. The van der Waals surface area contributed by atoms with Crippen LogP contribution >= 0.6 is 15.9 Å². The van der Waals surface area contributed by atoms with Gasteiger partial charge in [-0.3, -0.25) is 4.79 Å². The molecule has 1 heterocycles. The molecule has 0 radical (unpaired) electrons. The molecule has 0 spiro atoms. The van der Waals surface area contributed by atoms with Crippen molar-refractivity contribution in [1.29, 1.82) is 0 Å². The number of amides is 1. The van der Waals surface area contributed by atoms with Crippen molar-refractivity contribution in [1.82, 2.24) is 5.01 Å². The molecule has 1 atom stereocenters. The Morgan fingerprint density at radius 2 is 2.12 bits per heavy atom. The molecule has 0 bridgehead atoms. The maximum absolute atomic E-state index is 13.4. The first-order valence-electron chi connectivity index (χ1n) is 7.50. The fourth-order valence-corrected chi connectivity index (χ4v) is 2.79. The van der Waals surface area contributed by atoms with Crippen LogP contribution in [0.4, 0.5) is 13.2 Å². The summed E-state index contributed by atoms with van der Waals surface area (Å²) < 4.78 is 40.7. The summed E-state index contributed by atoms with van der Waals surface area (Å²) in [6.07, 6.45) is -4.79. The van der Waals surface area contributed by atoms with Gasteiger partial charge < -0.3 is 5.11 Å². The Labute approximate surface area is 146 Å². The molecule has 0 fully saturated rings. The van der Waals surface area contributed by atoms with Crippen molar-refractivity contribution in [2.24, 2.45) is 11.0 Å². The molecule has 1 amide bonds. The van der Waals surface area contributed by atoms with Crippen molar-refractivity contribution in [3.05, 3.63) is 34.3 Å². The lowest BCUT2D eigenvalue weighted by Crippen LogP contribution is -2.56. The van der Waals surface area contributed by atoms with Gasteiger partial charge in [0.1, 0.15) is 0 Å². The molecule has 1 aromatic carbocycles. The molecule has 1 aromatic rings. The number of aliphatic hydroxyl groups is 1. The maximum atomic E-state index is 13.4. The molecule has 4 nitrogen and oxygen atoms in total. The summed E-state index contributed by atoms with van der Waals surface area (Å²) in [4.78, 5) is 12.5. The summed E-state index contributed by atoms with van der Waals surface area (Å²) in [5.41, 5.74) is -3.12. The molecule has 132 valence electrons. The van der Waals surface area contributed by atoms with Gasteiger partial charge >= 0.3 is 6.18 Å². The maximum Gasteiger partial charge on any atom is 0.438 e. The van der Waals surface area contributed by atoms with Gasteiger partial charge in [0.25, 0.3) is 11.6 Å². The van der Waals surface area contributed by atoms with Gasteiger partial charge in [-0.1, -0.05) is 35.8 Å². The van der Waals surface area contributed by atoms with Crippen LogP contribution in [-0.4, -0.2) is 33.6 Å². The highest BCUT2D eigenvalue weighted by Crippen LogP contribution is 2.41. The van der Waals surface area contributed by atoms with E-state index in [2.05, 4.69) is 21.0 Å². The molecule has 1 aliphatic heterocycles. The monoisotopic (exact) mass is 406 g/mol. The fraction of sp³-hybridized carbons (Fsp3) is 0.500. The van der Waals surface area contributed by atoms with Crippen molar-refractivity contribution in [2.75, 3.05) is 0 Å². The van der Waals surface area contributed by atoms with E-state index in [1.165, 1.54) is 18.2 Å². The zero-order valence-corrected chi connectivity index (χ0v) is 14.9. The molecule has 1 N–H and O–H groups in total. The zero-order chi connectivity index (χ0) is 18.1. The van der Waals surface area contributed by atoms with Crippen LogP contribution in [0.2, 0.25) is 0 Å². The van der Waals surface area contributed by atoms with Crippen molar-refractivity contribution in [2.45, 2.75) is 45.0 Å². The van der Waals surface area contributed by atoms with Crippen LogP contribution in [0.25, 0.3) is 0 Å². The van der Waals surface area contributed by atoms with Gasteiger partial charge in [0.05, 0.1) is 0 Å². The number of hydrazone groups is 1. The average molecular weight is 407 g/mol. The van der Waals surface area contributed by atoms with Crippen LogP contribution in [0.5, 0.6) is 0 Å². The van der Waals surface area contributed by atoms with Crippen molar-refractivity contribution < 1.29 is 23.1 Å². The third-order valence-corrected chi connectivity index (χ3v) is 4.26.